The molecule has 198 valence electrons. The van der Waals surface area contributed by atoms with Crippen LogP contribution >= 0.6 is 11.6 Å². The molecule has 3 heterocycles. The Morgan fingerprint density at radius 2 is 1.59 bits per heavy atom. The van der Waals surface area contributed by atoms with Crippen molar-refractivity contribution in [1.82, 2.24) is 14.7 Å². The number of benzene rings is 2. The number of fused-ring (bicyclic) bond motifs is 3. The lowest BCUT2D eigenvalue weighted by atomic mass is 9.95. The van der Waals surface area contributed by atoms with Crippen molar-refractivity contribution in [2.24, 2.45) is 5.92 Å². The molecule has 5 rings (SSSR count). The van der Waals surface area contributed by atoms with Crippen LogP contribution in [0, 0.1) is 5.92 Å². The second-order valence-electron chi connectivity index (χ2n) is 11.1. The van der Waals surface area contributed by atoms with Crippen molar-refractivity contribution in [3.63, 3.8) is 0 Å². The fraction of sp³-hybridized carbons (Fsp3) is 0.533. The topological polar surface area (TPSA) is 47.1 Å². The summed E-state index contributed by atoms with van der Waals surface area (Å²) in [4.78, 5) is 35.8. The Hall–Kier alpha value is -2.41. The van der Waals surface area contributed by atoms with E-state index in [1.165, 1.54) is 5.56 Å². The van der Waals surface area contributed by atoms with E-state index in [4.69, 9.17) is 11.6 Å². The molecule has 2 aromatic carbocycles. The average Bonchev–Trinajstić information content (AvgIpc) is 3.25. The number of carbonyl (C=O) groups excluding carboxylic acids is 2. The van der Waals surface area contributed by atoms with Gasteiger partial charge in [-0.05, 0) is 81.6 Å². The molecule has 0 aliphatic carbocycles. The molecule has 0 aromatic heterocycles. The molecule has 2 amide bonds. The molecular weight excluding hydrogens is 484 g/mol. The van der Waals surface area contributed by atoms with Gasteiger partial charge in [0.25, 0.3) is 0 Å². The number of nitrogens with zero attached hydrogens (tertiary/aromatic N) is 4. The third-order valence-electron chi connectivity index (χ3n) is 8.57. The van der Waals surface area contributed by atoms with Gasteiger partial charge in [-0.1, -0.05) is 41.9 Å². The number of hydrogen-bond donors (Lipinski definition) is 0. The first-order chi connectivity index (χ1) is 17.9. The standard InChI is InChI=1S/C30H39ClN4O2/c1-22(36)34-18-15-27-11-12-28(35(27)19-23-7-9-26(31)10-8-23)21-33(20-25-5-3-4-6-29(25)34)30(37)24-13-16-32(2)17-14-24/h3-10,24,27-28H,11-21H2,1-2H3/t27-,28+/m1/s1. The fourth-order valence-corrected chi connectivity index (χ4v) is 6.55. The van der Waals surface area contributed by atoms with Crippen LogP contribution in [-0.4, -0.2) is 71.8 Å². The van der Waals surface area contributed by atoms with Gasteiger partial charge in [-0.15, -0.1) is 0 Å². The summed E-state index contributed by atoms with van der Waals surface area (Å²) in [6.45, 7) is 6.37. The predicted octanol–water partition coefficient (Wildman–Crippen LogP) is 4.80. The second kappa shape index (κ2) is 11.5. The highest BCUT2D eigenvalue weighted by Gasteiger charge is 2.38. The predicted molar refractivity (Wildman–Crippen MR) is 149 cm³/mol. The van der Waals surface area contributed by atoms with Gasteiger partial charge in [0.1, 0.15) is 0 Å². The van der Waals surface area contributed by atoms with Crippen molar-refractivity contribution in [1.29, 1.82) is 0 Å². The van der Waals surface area contributed by atoms with Crippen molar-refractivity contribution in [3.8, 4) is 0 Å². The molecule has 3 aliphatic rings. The lowest BCUT2D eigenvalue weighted by Gasteiger charge is -2.36. The van der Waals surface area contributed by atoms with Crippen LogP contribution in [0.1, 0.15) is 50.2 Å². The van der Waals surface area contributed by atoms with Gasteiger partial charge in [0, 0.05) is 61.8 Å². The van der Waals surface area contributed by atoms with Crippen LogP contribution in [0.25, 0.3) is 0 Å². The fourth-order valence-electron chi connectivity index (χ4n) is 6.42. The summed E-state index contributed by atoms with van der Waals surface area (Å²) in [6.07, 6.45) is 4.89. The van der Waals surface area contributed by atoms with E-state index in [9.17, 15) is 9.59 Å². The lowest BCUT2D eigenvalue weighted by molar-refractivity contribution is -0.138. The highest BCUT2D eigenvalue weighted by atomic mass is 35.5. The van der Waals surface area contributed by atoms with Gasteiger partial charge >= 0.3 is 0 Å². The van der Waals surface area contributed by atoms with Gasteiger partial charge in [-0.2, -0.15) is 0 Å². The molecule has 0 unspecified atom stereocenters. The summed E-state index contributed by atoms with van der Waals surface area (Å²) < 4.78 is 0. The number of hydrogen-bond acceptors (Lipinski definition) is 4. The van der Waals surface area contributed by atoms with Crippen LogP contribution in [0.3, 0.4) is 0 Å². The van der Waals surface area contributed by atoms with Gasteiger partial charge in [-0.25, -0.2) is 0 Å². The molecular formula is C30H39ClN4O2. The Kier molecular flexibility index (Phi) is 8.18. The third-order valence-corrected chi connectivity index (χ3v) is 8.82. The Bertz CT molecular complexity index is 1100. The van der Waals surface area contributed by atoms with Gasteiger partial charge in [-0.3, -0.25) is 14.5 Å². The summed E-state index contributed by atoms with van der Waals surface area (Å²) in [5.74, 6) is 0.393. The van der Waals surface area contributed by atoms with E-state index in [2.05, 4.69) is 39.9 Å². The zero-order valence-electron chi connectivity index (χ0n) is 22.1. The third kappa shape index (κ3) is 6.02. The second-order valence-corrected chi connectivity index (χ2v) is 11.5. The zero-order chi connectivity index (χ0) is 25.9. The molecule has 6 nitrogen and oxygen atoms in total. The van der Waals surface area contributed by atoms with Gasteiger partial charge in [0.15, 0.2) is 0 Å². The molecule has 37 heavy (non-hydrogen) atoms. The van der Waals surface area contributed by atoms with E-state index in [0.29, 0.717) is 25.2 Å². The van der Waals surface area contributed by atoms with Gasteiger partial charge in [0.2, 0.25) is 11.8 Å². The summed E-state index contributed by atoms with van der Waals surface area (Å²) in [7, 11) is 2.13. The average molecular weight is 523 g/mol. The number of piperidine rings is 1. The molecule has 7 heteroatoms. The van der Waals surface area contributed by atoms with Crippen molar-refractivity contribution in [2.45, 2.75) is 64.2 Å². The Labute approximate surface area is 226 Å². The van der Waals surface area contributed by atoms with E-state index in [1.807, 2.05) is 35.2 Å². The minimum Gasteiger partial charge on any atom is -0.336 e. The number of rotatable bonds is 3. The smallest absolute Gasteiger partial charge is 0.226 e. The largest absolute Gasteiger partial charge is 0.336 e. The number of para-hydroxylation sites is 1. The molecule has 2 saturated heterocycles. The highest BCUT2D eigenvalue weighted by molar-refractivity contribution is 6.30. The maximum atomic E-state index is 14.0. The SMILES string of the molecule is CC(=O)N1CC[C@H]2CC[C@@H](CN(C(=O)C3CCN(C)CC3)Cc3ccccc31)N2Cc1ccc(Cl)cc1. The van der Waals surface area contributed by atoms with Crippen molar-refractivity contribution < 1.29 is 9.59 Å². The zero-order valence-corrected chi connectivity index (χ0v) is 22.9. The van der Waals surface area contributed by atoms with Crippen LogP contribution in [0.2, 0.25) is 5.02 Å². The van der Waals surface area contributed by atoms with Crippen molar-refractivity contribution in [2.75, 3.05) is 38.1 Å². The Morgan fingerprint density at radius 1 is 0.892 bits per heavy atom. The Balaban J connectivity index is 1.48. The summed E-state index contributed by atoms with van der Waals surface area (Å²) in [5, 5.41) is 0.744. The molecule has 2 atom stereocenters. The quantitative estimate of drug-likeness (QED) is 0.581. The molecule has 0 saturated carbocycles. The van der Waals surface area contributed by atoms with Crippen LogP contribution < -0.4 is 4.90 Å². The van der Waals surface area contributed by atoms with E-state index in [0.717, 1.165) is 74.6 Å². The first-order valence-corrected chi connectivity index (χ1v) is 14.1. The van der Waals surface area contributed by atoms with Crippen molar-refractivity contribution in [3.05, 3.63) is 64.7 Å². The first kappa shape index (κ1) is 26.2. The Morgan fingerprint density at radius 3 is 2.32 bits per heavy atom. The monoisotopic (exact) mass is 522 g/mol. The van der Waals surface area contributed by atoms with Crippen LogP contribution in [0.4, 0.5) is 5.69 Å². The number of halogens is 1. The molecule has 2 bridgehead atoms. The first-order valence-electron chi connectivity index (χ1n) is 13.7. The van der Waals surface area contributed by atoms with E-state index >= 15 is 0 Å². The molecule has 2 aromatic rings. The van der Waals surface area contributed by atoms with E-state index < -0.39 is 0 Å². The summed E-state index contributed by atoms with van der Waals surface area (Å²) >= 11 is 6.16. The maximum Gasteiger partial charge on any atom is 0.226 e. The molecule has 0 spiro atoms. The molecule has 2 fully saturated rings. The normalized spacial score (nSPS) is 24.0. The van der Waals surface area contributed by atoms with E-state index in [-0.39, 0.29) is 17.7 Å². The highest BCUT2D eigenvalue weighted by Crippen LogP contribution is 2.33. The number of anilines is 1. The summed E-state index contributed by atoms with van der Waals surface area (Å²) in [6, 6.07) is 16.9. The van der Waals surface area contributed by atoms with Crippen LogP contribution in [-0.2, 0) is 22.7 Å². The molecule has 0 radical (unpaired) electrons. The number of likely N-dealkylation sites (tertiary alicyclic amines) is 1. The minimum atomic E-state index is 0.0543. The van der Waals surface area contributed by atoms with Crippen molar-refractivity contribution >= 4 is 29.1 Å². The number of amides is 2. The van der Waals surface area contributed by atoms with Gasteiger partial charge < -0.3 is 14.7 Å². The van der Waals surface area contributed by atoms with E-state index in [1.54, 1.807) is 6.92 Å². The molecule has 3 aliphatic heterocycles. The molecule has 0 N–H and O–H groups in total. The van der Waals surface area contributed by atoms with Crippen LogP contribution in [0.15, 0.2) is 48.5 Å². The maximum absolute atomic E-state index is 14.0. The minimum absolute atomic E-state index is 0.0543. The summed E-state index contributed by atoms with van der Waals surface area (Å²) in [5.41, 5.74) is 3.23. The van der Waals surface area contributed by atoms with Gasteiger partial charge in [0.05, 0.1) is 0 Å². The lowest BCUT2D eigenvalue weighted by Crippen LogP contribution is -2.47. The number of carbonyl (C=O) groups is 2. The van der Waals surface area contributed by atoms with Crippen LogP contribution in [0.5, 0.6) is 0 Å².